The lowest BCUT2D eigenvalue weighted by Crippen LogP contribution is -2.41. The molecule has 1 saturated carbocycles. The van der Waals surface area contributed by atoms with Crippen LogP contribution in [0.5, 0.6) is 0 Å². The van der Waals surface area contributed by atoms with Gasteiger partial charge < -0.3 is 9.47 Å². The van der Waals surface area contributed by atoms with Crippen molar-refractivity contribution < 1.29 is 0 Å². The number of nitrogens with zero attached hydrogens (tertiary/aromatic N) is 3. The third-order valence-electron chi connectivity index (χ3n) is 7.87. The average Bonchev–Trinajstić information content (AvgIpc) is 3.14. The Kier molecular flexibility index (Phi) is 7.31. The van der Waals surface area contributed by atoms with Gasteiger partial charge in [-0.1, -0.05) is 42.3 Å². The molecule has 0 radical (unpaired) electrons. The molecule has 178 valence electrons. The summed E-state index contributed by atoms with van der Waals surface area (Å²) in [5.74, 6) is 0. The van der Waals surface area contributed by atoms with Crippen LogP contribution in [0.25, 0.3) is 10.9 Å². The van der Waals surface area contributed by atoms with Crippen molar-refractivity contribution in [3.8, 4) is 6.07 Å². The standard InChI is InChI=1S/C19H16Cl2N2.C10H17N/c1-11-4-5-17(20)16(19(11)21)9-14-8-15-12(2)6-13(10-22)7-18(15)23(14)3;1-2-11-8-6-10(7-9-11)4-3-5-10/h4-8H,9H2,1-3H3;2H,1,3-9H2. The summed E-state index contributed by atoms with van der Waals surface area (Å²) in [6.45, 7) is 10.3. The SMILES string of the molecule is C=CN1CCC2(CCC2)CC1.Cc1ccc(Cl)c(Cc2cc3c(C)cc(C#N)cc3n2C)c1Cl. The molecule has 0 N–H and O–H groups in total. The molecule has 5 heteroatoms. The van der Waals surface area contributed by atoms with Gasteiger partial charge in [0.2, 0.25) is 0 Å². The average molecular weight is 495 g/mol. The number of aryl methyl sites for hydroxylation is 3. The first-order valence-corrected chi connectivity index (χ1v) is 12.8. The Labute approximate surface area is 213 Å². The summed E-state index contributed by atoms with van der Waals surface area (Å²) in [7, 11) is 2.01. The largest absolute Gasteiger partial charge is 0.378 e. The van der Waals surface area contributed by atoms with Crippen molar-refractivity contribution in [2.45, 2.75) is 52.4 Å². The van der Waals surface area contributed by atoms with Gasteiger partial charge in [0.15, 0.2) is 0 Å². The summed E-state index contributed by atoms with van der Waals surface area (Å²) in [6, 6.07) is 12.0. The van der Waals surface area contributed by atoms with E-state index in [1.54, 1.807) is 0 Å². The van der Waals surface area contributed by atoms with Crippen LogP contribution in [-0.4, -0.2) is 22.6 Å². The van der Waals surface area contributed by atoms with Crippen LogP contribution >= 0.6 is 23.2 Å². The lowest BCUT2D eigenvalue weighted by molar-refractivity contribution is 0.0506. The molecule has 3 aromatic rings. The molecule has 1 saturated heterocycles. The Morgan fingerprint density at radius 3 is 2.35 bits per heavy atom. The van der Waals surface area contributed by atoms with Gasteiger partial charge in [-0.05, 0) is 92.1 Å². The van der Waals surface area contributed by atoms with Crippen molar-refractivity contribution in [3.05, 3.63) is 81.1 Å². The molecule has 2 fully saturated rings. The predicted octanol–water partition coefficient (Wildman–Crippen LogP) is 7.96. The van der Waals surface area contributed by atoms with Gasteiger partial charge in [-0.2, -0.15) is 5.26 Å². The van der Waals surface area contributed by atoms with E-state index in [2.05, 4.69) is 28.2 Å². The topological polar surface area (TPSA) is 32.0 Å². The lowest BCUT2D eigenvalue weighted by Gasteiger charge is -2.47. The maximum absolute atomic E-state index is 9.16. The van der Waals surface area contributed by atoms with Crippen molar-refractivity contribution in [2.75, 3.05) is 13.1 Å². The highest BCUT2D eigenvalue weighted by Gasteiger charge is 2.38. The normalized spacial score (nSPS) is 16.5. The van der Waals surface area contributed by atoms with E-state index in [1.165, 1.54) is 45.2 Å². The fourth-order valence-corrected chi connectivity index (χ4v) is 5.82. The second-order valence-corrected chi connectivity index (χ2v) is 10.7. The highest BCUT2D eigenvalue weighted by molar-refractivity contribution is 6.36. The van der Waals surface area contributed by atoms with Gasteiger partial charge in [0.1, 0.15) is 0 Å². The number of piperidine rings is 1. The van der Waals surface area contributed by atoms with Crippen LogP contribution in [0.2, 0.25) is 10.0 Å². The molecule has 0 unspecified atom stereocenters. The zero-order valence-corrected chi connectivity index (χ0v) is 21.9. The van der Waals surface area contributed by atoms with Crippen LogP contribution in [0.1, 0.15) is 60.1 Å². The second kappa shape index (κ2) is 10.1. The van der Waals surface area contributed by atoms with Crippen molar-refractivity contribution in [2.24, 2.45) is 12.5 Å². The monoisotopic (exact) mass is 493 g/mol. The van der Waals surface area contributed by atoms with Crippen LogP contribution in [0.15, 0.2) is 43.1 Å². The molecule has 5 rings (SSSR count). The Morgan fingerprint density at radius 2 is 1.76 bits per heavy atom. The van der Waals surface area contributed by atoms with Gasteiger partial charge in [-0.15, -0.1) is 0 Å². The third kappa shape index (κ3) is 4.85. The van der Waals surface area contributed by atoms with E-state index in [4.69, 9.17) is 28.5 Å². The molecule has 0 atom stereocenters. The molecule has 1 aliphatic carbocycles. The highest BCUT2D eigenvalue weighted by Crippen LogP contribution is 2.48. The quantitative estimate of drug-likeness (QED) is 0.370. The number of hydrogen-bond donors (Lipinski definition) is 0. The maximum Gasteiger partial charge on any atom is 0.0992 e. The Hall–Kier alpha value is -2.41. The molecule has 2 aromatic carbocycles. The van der Waals surface area contributed by atoms with Gasteiger partial charge >= 0.3 is 0 Å². The zero-order chi connectivity index (χ0) is 24.5. The summed E-state index contributed by atoms with van der Waals surface area (Å²) in [4.78, 5) is 2.35. The molecule has 0 bridgehead atoms. The van der Waals surface area contributed by atoms with E-state index < -0.39 is 0 Å². The summed E-state index contributed by atoms with van der Waals surface area (Å²) in [5, 5.41) is 11.7. The molecule has 2 heterocycles. The number of hydrogen-bond acceptors (Lipinski definition) is 2. The fraction of sp³-hybridized carbons (Fsp3) is 0.414. The number of rotatable bonds is 3. The number of aromatic nitrogens is 1. The molecule has 34 heavy (non-hydrogen) atoms. The molecule has 3 nitrogen and oxygen atoms in total. The molecule has 1 spiro atoms. The van der Waals surface area contributed by atoms with Crippen LogP contribution in [0.4, 0.5) is 0 Å². The minimum atomic E-state index is 0.659. The van der Waals surface area contributed by atoms with Gasteiger partial charge in [0.25, 0.3) is 0 Å². The van der Waals surface area contributed by atoms with Crippen LogP contribution < -0.4 is 0 Å². The van der Waals surface area contributed by atoms with E-state index >= 15 is 0 Å². The minimum Gasteiger partial charge on any atom is -0.378 e. The molecular weight excluding hydrogens is 461 g/mol. The Bertz CT molecular complexity index is 1250. The van der Waals surface area contributed by atoms with E-state index in [-0.39, 0.29) is 0 Å². The Balaban J connectivity index is 0.000000207. The molecule has 1 aliphatic heterocycles. The van der Waals surface area contributed by atoms with Gasteiger partial charge in [0.05, 0.1) is 11.6 Å². The lowest BCUT2D eigenvalue weighted by atomic mass is 9.63. The summed E-state index contributed by atoms with van der Waals surface area (Å²) >= 11 is 12.8. The van der Waals surface area contributed by atoms with Crippen LogP contribution in [-0.2, 0) is 13.5 Å². The minimum absolute atomic E-state index is 0.659. The Morgan fingerprint density at radius 1 is 1.06 bits per heavy atom. The molecular formula is C29H33Cl2N3. The van der Waals surface area contributed by atoms with Crippen LogP contribution in [0, 0.1) is 30.6 Å². The molecule has 0 amide bonds. The van der Waals surface area contributed by atoms with Crippen molar-refractivity contribution >= 4 is 34.1 Å². The second-order valence-electron chi connectivity index (χ2n) is 9.94. The van der Waals surface area contributed by atoms with Gasteiger partial charge in [-0.3, -0.25) is 0 Å². The van der Waals surface area contributed by atoms with Gasteiger partial charge in [0, 0.05) is 53.2 Å². The smallest absolute Gasteiger partial charge is 0.0992 e. The first-order chi connectivity index (χ1) is 16.3. The predicted molar refractivity (Wildman–Crippen MR) is 144 cm³/mol. The van der Waals surface area contributed by atoms with E-state index in [1.807, 2.05) is 51.4 Å². The number of benzene rings is 2. The first-order valence-electron chi connectivity index (χ1n) is 12.1. The summed E-state index contributed by atoms with van der Waals surface area (Å²) in [6.07, 6.45) is 9.96. The summed E-state index contributed by atoms with van der Waals surface area (Å²) in [5.41, 5.74) is 6.70. The number of nitriles is 1. The number of halogens is 2. The fourth-order valence-electron chi connectivity index (χ4n) is 5.31. The van der Waals surface area contributed by atoms with Crippen LogP contribution in [0.3, 0.4) is 0 Å². The number of fused-ring (bicyclic) bond motifs is 1. The number of likely N-dealkylation sites (tertiary alicyclic amines) is 1. The maximum atomic E-state index is 9.16. The highest BCUT2D eigenvalue weighted by atomic mass is 35.5. The summed E-state index contributed by atoms with van der Waals surface area (Å²) < 4.78 is 2.11. The van der Waals surface area contributed by atoms with Crippen molar-refractivity contribution in [3.63, 3.8) is 0 Å². The van der Waals surface area contributed by atoms with E-state index in [0.717, 1.165) is 43.7 Å². The first kappa shape index (κ1) is 24.7. The van der Waals surface area contributed by atoms with E-state index in [0.29, 0.717) is 17.0 Å². The van der Waals surface area contributed by atoms with E-state index in [9.17, 15) is 0 Å². The van der Waals surface area contributed by atoms with Crippen molar-refractivity contribution in [1.82, 2.24) is 9.47 Å². The zero-order valence-electron chi connectivity index (χ0n) is 20.4. The van der Waals surface area contributed by atoms with Gasteiger partial charge in [-0.25, -0.2) is 0 Å². The van der Waals surface area contributed by atoms with Crippen molar-refractivity contribution in [1.29, 1.82) is 5.26 Å². The molecule has 1 aromatic heterocycles. The molecule has 2 aliphatic rings. The third-order valence-corrected chi connectivity index (χ3v) is 8.75.